The van der Waals surface area contributed by atoms with Crippen molar-refractivity contribution in [3.8, 4) is 5.75 Å². The van der Waals surface area contributed by atoms with Crippen LogP contribution in [0.3, 0.4) is 0 Å². The quantitative estimate of drug-likeness (QED) is 0.369. The minimum absolute atomic E-state index is 0.0124. The van der Waals surface area contributed by atoms with Gasteiger partial charge in [0.2, 0.25) is 5.95 Å². The first kappa shape index (κ1) is 24.9. The molecule has 2 atom stereocenters. The number of imidazole rings is 1. The molecule has 3 rings (SSSR count). The lowest BCUT2D eigenvalue weighted by molar-refractivity contribution is 0.0938. The molecular weight excluding hydrogens is 446 g/mol. The summed E-state index contributed by atoms with van der Waals surface area (Å²) < 4.78 is 8.57. The average Bonchev–Trinajstić information content (AvgIpc) is 3.16. The molecule has 33 heavy (non-hydrogen) atoms. The van der Waals surface area contributed by atoms with Crippen LogP contribution in [0.5, 0.6) is 5.75 Å². The number of nitrogens with zero attached hydrogens (tertiary/aromatic N) is 3. The summed E-state index contributed by atoms with van der Waals surface area (Å²) in [6.07, 6.45) is 3.47. The first-order chi connectivity index (χ1) is 15.8. The van der Waals surface area contributed by atoms with E-state index in [1.54, 1.807) is 35.9 Å². The van der Waals surface area contributed by atoms with E-state index in [4.69, 9.17) is 16.3 Å². The lowest BCUT2D eigenvalue weighted by Crippen LogP contribution is -2.31. The number of fused-ring (bicyclic) bond motifs is 1. The van der Waals surface area contributed by atoms with Gasteiger partial charge in [0.15, 0.2) is 11.2 Å². The Labute approximate surface area is 197 Å². The molecule has 3 N–H and O–H groups in total. The molecule has 180 valence electrons. The molecular formula is C23H32ClN5O4. The third-order valence-electron chi connectivity index (χ3n) is 5.75. The van der Waals surface area contributed by atoms with Gasteiger partial charge >= 0.3 is 5.69 Å². The smallest absolute Gasteiger partial charge is 0.329 e. The van der Waals surface area contributed by atoms with Crippen LogP contribution in [0.4, 0.5) is 5.95 Å². The number of nitrogens with one attached hydrogen (secondary N) is 2. The van der Waals surface area contributed by atoms with E-state index in [9.17, 15) is 14.7 Å². The van der Waals surface area contributed by atoms with Crippen LogP contribution in [0.15, 0.2) is 33.9 Å². The maximum Gasteiger partial charge on any atom is 0.329 e. The summed E-state index contributed by atoms with van der Waals surface area (Å²) in [5.74, 6) is 1.48. The summed E-state index contributed by atoms with van der Waals surface area (Å²) in [5, 5.41) is 14.6. The molecule has 3 aromatic rings. The molecule has 1 aromatic carbocycles. The zero-order valence-electron chi connectivity index (χ0n) is 19.3. The molecule has 0 aliphatic rings. The fraction of sp³-hybridized carbons (Fsp3) is 0.522. The maximum atomic E-state index is 12.6. The number of aromatic amines is 1. The number of hydrogen-bond acceptors (Lipinski definition) is 6. The van der Waals surface area contributed by atoms with Gasteiger partial charge in [-0.25, -0.2) is 4.79 Å². The fourth-order valence-electron chi connectivity index (χ4n) is 3.71. The number of aliphatic hydroxyl groups excluding tert-OH is 1. The van der Waals surface area contributed by atoms with Gasteiger partial charge in [-0.05, 0) is 36.6 Å². The second kappa shape index (κ2) is 11.4. The van der Waals surface area contributed by atoms with Crippen molar-refractivity contribution >= 4 is 28.7 Å². The second-order valence-corrected chi connectivity index (χ2v) is 8.69. The molecule has 10 heteroatoms. The molecule has 0 saturated heterocycles. The monoisotopic (exact) mass is 477 g/mol. The van der Waals surface area contributed by atoms with Crippen LogP contribution < -0.4 is 21.3 Å². The summed E-state index contributed by atoms with van der Waals surface area (Å²) in [6, 6.07) is 6.85. The third kappa shape index (κ3) is 6.17. The van der Waals surface area contributed by atoms with Crippen molar-refractivity contribution < 1.29 is 9.84 Å². The molecule has 9 nitrogen and oxygen atoms in total. The summed E-state index contributed by atoms with van der Waals surface area (Å²) in [4.78, 5) is 31.5. The highest BCUT2D eigenvalue weighted by molar-refractivity contribution is 6.30. The molecule has 2 heterocycles. The van der Waals surface area contributed by atoms with E-state index < -0.39 is 17.4 Å². The first-order valence-electron chi connectivity index (χ1n) is 11.3. The first-order valence-corrected chi connectivity index (χ1v) is 11.7. The summed E-state index contributed by atoms with van der Waals surface area (Å²) in [5.41, 5.74) is -0.590. The van der Waals surface area contributed by atoms with Crippen LogP contribution in [0.2, 0.25) is 5.02 Å². The summed E-state index contributed by atoms with van der Waals surface area (Å²) in [6.45, 7) is 5.08. The predicted octanol–water partition coefficient (Wildman–Crippen LogP) is 3.14. The Hall–Kier alpha value is -2.78. The molecule has 2 aromatic heterocycles. The van der Waals surface area contributed by atoms with Gasteiger partial charge in [-0.3, -0.25) is 14.3 Å². The predicted molar refractivity (Wildman–Crippen MR) is 130 cm³/mol. The lowest BCUT2D eigenvalue weighted by Gasteiger charge is -2.18. The SMILES string of the molecule is CCCC[C@@H](CC)CNc1nc2c(c(=O)[nH]c(=O)n2C)n1C[C@@H](O)COc1ccc(Cl)cc1. The molecule has 0 unspecified atom stereocenters. The number of aliphatic hydroxyl groups is 1. The van der Waals surface area contributed by atoms with Crippen LogP contribution in [-0.4, -0.2) is 43.5 Å². The van der Waals surface area contributed by atoms with Crippen molar-refractivity contribution in [3.05, 3.63) is 50.1 Å². The molecule has 0 aliphatic carbocycles. The van der Waals surface area contributed by atoms with Crippen molar-refractivity contribution in [1.29, 1.82) is 0 Å². The van der Waals surface area contributed by atoms with Gasteiger partial charge in [0.05, 0.1) is 6.54 Å². The Morgan fingerprint density at radius 1 is 1.24 bits per heavy atom. The number of rotatable bonds is 12. The van der Waals surface area contributed by atoms with E-state index in [0.717, 1.165) is 25.7 Å². The van der Waals surface area contributed by atoms with E-state index in [-0.39, 0.29) is 24.3 Å². The molecule has 0 aliphatic heterocycles. The van der Waals surface area contributed by atoms with E-state index in [1.165, 1.54) is 4.57 Å². The number of benzene rings is 1. The molecule has 0 fully saturated rings. The Bertz CT molecular complexity index is 1170. The van der Waals surface area contributed by atoms with E-state index in [2.05, 4.69) is 29.1 Å². The van der Waals surface area contributed by atoms with Crippen molar-refractivity contribution in [2.45, 2.75) is 52.2 Å². The number of halogens is 1. The van der Waals surface area contributed by atoms with E-state index in [0.29, 0.717) is 29.2 Å². The number of unbranched alkanes of at least 4 members (excludes halogenated alkanes) is 1. The number of H-pyrrole nitrogens is 1. The zero-order valence-corrected chi connectivity index (χ0v) is 20.1. The van der Waals surface area contributed by atoms with Gasteiger partial charge in [0.25, 0.3) is 5.56 Å². The largest absolute Gasteiger partial charge is 0.491 e. The Balaban J connectivity index is 1.84. The molecule has 0 saturated carbocycles. The number of ether oxygens (including phenoxy) is 1. The third-order valence-corrected chi connectivity index (χ3v) is 6.00. The van der Waals surface area contributed by atoms with Crippen molar-refractivity contribution in [2.75, 3.05) is 18.5 Å². The highest BCUT2D eigenvalue weighted by atomic mass is 35.5. The number of hydrogen-bond donors (Lipinski definition) is 3. The van der Waals surface area contributed by atoms with Gasteiger partial charge in [-0.2, -0.15) is 4.98 Å². The highest BCUT2D eigenvalue weighted by Crippen LogP contribution is 2.20. The van der Waals surface area contributed by atoms with Gasteiger partial charge < -0.3 is 19.7 Å². The number of anilines is 1. The zero-order chi connectivity index (χ0) is 24.0. The van der Waals surface area contributed by atoms with Crippen LogP contribution >= 0.6 is 11.6 Å². The normalized spacial score (nSPS) is 13.2. The van der Waals surface area contributed by atoms with Gasteiger partial charge in [-0.1, -0.05) is 44.7 Å². The minimum Gasteiger partial charge on any atom is -0.491 e. The highest BCUT2D eigenvalue weighted by Gasteiger charge is 2.20. The molecule has 0 bridgehead atoms. The Morgan fingerprint density at radius 2 is 1.97 bits per heavy atom. The fourth-order valence-corrected chi connectivity index (χ4v) is 3.84. The van der Waals surface area contributed by atoms with Crippen LogP contribution in [0, 0.1) is 5.92 Å². The van der Waals surface area contributed by atoms with Gasteiger partial charge in [0, 0.05) is 18.6 Å². The summed E-state index contributed by atoms with van der Waals surface area (Å²) >= 11 is 5.89. The summed E-state index contributed by atoms with van der Waals surface area (Å²) in [7, 11) is 1.55. The van der Waals surface area contributed by atoms with E-state index in [1.807, 2.05) is 0 Å². The molecule has 0 spiro atoms. The minimum atomic E-state index is -0.919. The Kier molecular flexibility index (Phi) is 8.57. The van der Waals surface area contributed by atoms with Crippen LogP contribution in [0.25, 0.3) is 11.2 Å². The molecule has 0 radical (unpaired) electrons. The topological polar surface area (TPSA) is 114 Å². The van der Waals surface area contributed by atoms with Crippen molar-refractivity contribution in [2.24, 2.45) is 13.0 Å². The van der Waals surface area contributed by atoms with E-state index >= 15 is 0 Å². The molecule has 0 amide bonds. The van der Waals surface area contributed by atoms with Crippen LogP contribution in [0.1, 0.15) is 39.5 Å². The Morgan fingerprint density at radius 3 is 2.64 bits per heavy atom. The van der Waals surface area contributed by atoms with Crippen LogP contribution in [-0.2, 0) is 13.6 Å². The lowest BCUT2D eigenvalue weighted by atomic mass is 9.99. The van der Waals surface area contributed by atoms with Crippen molar-refractivity contribution in [3.63, 3.8) is 0 Å². The number of aromatic nitrogens is 4. The number of aryl methyl sites for hydroxylation is 1. The average molecular weight is 478 g/mol. The van der Waals surface area contributed by atoms with Gasteiger partial charge in [0.1, 0.15) is 18.5 Å². The van der Waals surface area contributed by atoms with Crippen molar-refractivity contribution in [1.82, 2.24) is 19.1 Å². The second-order valence-electron chi connectivity index (χ2n) is 8.25. The van der Waals surface area contributed by atoms with Gasteiger partial charge in [-0.15, -0.1) is 0 Å². The maximum absolute atomic E-state index is 12.6. The standard InChI is InChI=1S/C23H32ClN5O4/c1-4-6-7-15(5-2)12-25-22-26-20-19(21(31)27-23(32)28(20)3)29(22)13-17(30)14-33-18-10-8-16(24)9-11-18/h8-11,15,17,30H,4-7,12-14H2,1-3H3,(H,25,26)(H,27,31,32)/t15-,17-/m1/s1.